The largest absolute Gasteiger partial charge is 0.467 e. The second kappa shape index (κ2) is 9.12. The maximum absolute atomic E-state index is 12.3. The Hall–Kier alpha value is -2.71. The molecule has 2 N–H and O–H groups in total. The Balaban J connectivity index is 1.49. The number of carbonyl (C=O) groups excluding carboxylic acids is 2. The van der Waals surface area contributed by atoms with E-state index in [0.29, 0.717) is 17.9 Å². The lowest BCUT2D eigenvalue weighted by Crippen LogP contribution is -2.41. The Bertz CT molecular complexity index is 727. The summed E-state index contributed by atoms with van der Waals surface area (Å²) < 4.78 is 10.5. The minimum absolute atomic E-state index is 0.192. The molecule has 8 nitrogen and oxygen atoms in total. The number of pyridine rings is 1. The van der Waals surface area contributed by atoms with Gasteiger partial charge in [-0.1, -0.05) is 0 Å². The molecule has 3 rings (SSSR count). The zero-order valence-corrected chi connectivity index (χ0v) is 14.4. The second-order valence-corrected chi connectivity index (χ2v) is 5.90. The van der Waals surface area contributed by atoms with Crippen LogP contribution in [0.3, 0.4) is 0 Å². The summed E-state index contributed by atoms with van der Waals surface area (Å²) >= 11 is 0. The van der Waals surface area contributed by atoms with Crippen molar-refractivity contribution in [2.24, 2.45) is 0 Å². The predicted molar refractivity (Wildman–Crippen MR) is 93.7 cm³/mol. The Morgan fingerprint density at radius 3 is 2.77 bits per heavy atom. The highest BCUT2D eigenvalue weighted by Gasteiger charge is 2.13. The quantitative estimate of drug-likeness (QED) is 0.755. The Morgan fingerprint density at radius 2 is 2.00 bits per heavy atom. The first kappa shape index (κ1) is 18.1. The van der Waals surface area contributed by atoms with Gasteiger partial charge < -0.3 is 19.8 Å². The molecule has 0 saturated carbocycles. The molecule has 1 aliphatic rings. The monoisotopic (exact) mass is 358 g/mol. The molecule has 0 unspecified atom stereocenters. The number of amides is 2. The fourth-order valence-electron chi connectivity index (χ4n) is 2.62. The van der Waals surface area contributed by atoms with Gasteiger partial charge in [0.05, 0.1) is 26.0 Å². The zero-order valence-electron chi connectivity index (χ0n) is 14.4. The van der Waals surface area contributed by atoms with Crippen LogP contribution in [0.2, 0.25) is 0 Å². The molecule has 2 aromatic rings. The van der Waals surface area contributed by atoms with E-state index in [1.165, 1.54) is 12.3 Å². The molecule has 2 aromatic heterocycles. The molecule has 2 amide bonds. The lowest BCUT2D eigenvalue weighted by Gasteiger charge is -2.26. The highest BCUT2D eigenvalue weighted by molar-refractivity contribution is 5.98. The summed E-state index contributed by atoms with van der Waals surface area (Å²) in [5, 5.41) is 5.58. The maximum atomic E-state index is 12.3. The fraction of sp³-hybridized carbons (Fsp3) is 0.389. The second-order valence-electron chi connectivity index (χ2n) is 5.90. The molecular formula is C18H22N4O4. The van der Waals surface area contributed by atoms with Gasteiger partial charge in [0.2, 0.25) is 0 Å². The molecule has 3 heterocycles. The third-order valence-corrected chi connectivity index (χ3v) is 4.08. The normalized spacial score (nSPS) is 14.8. The van der Waals surface area contributed by atoms with Crippen LogP contribution < -0.4 is 10.6 Å². The van der Waals surface area contributed by atoms with E-state index in [9.17, 15) is 9.59 Å². The van der Waals surface area contributed by atoms with E-state index in [0.717, 1.165) is 32.8 Å². The van der Waals surface area contributed by atoms with E-state index in [1.807, 2.05) is 0 Å². The van der Waals surface area contributed by atoms with Crippen molar-refractivity contribution in [1.82, 2.24) is 20.5 Å². The average Bonchev–Trinajstić information content (AvgIpc) is 3.20. The molecular weight excluding hydrogens is 336 g/mol. The standard InChI is InChI=1S/C18H22N4O4/c23-17(20-5-6-22-7-10-25-11-8-22)14-3-4-19-16(12-14)18(24)21-13-15-2-1-9-26-15/h1-4,9,12H,5-8,10-11,13H2,(H,20,23)(H,21,24). The van der Waals surface area contributed by atoms with Gasteiger partial charge in [-0.05, 0) is 24.3 Å². The number of nitrogens with zero attached hydrogens (tertiary/aromatic N) is 2. The summed E-state index contributed by atoms with van der Waals surface area (Å²) in [4.78, 5) is 30.7. The predicted octanol–water partition coefficient (Wildman–Crippen LogP) is 0.667. The summed E-state index contributed by atoms with van der Waals surface area (Å²) in [7, 11) is 0. The van der Waals surface area contributed by atoms with Crippen molar-refractivity contribution < 1.29 is 18.7 Å². The van der Waals surface area contributed by atoms with Crippen LogP contribution in [0.25, 0.3) is 0 Å². The van der Waals surface area contributed by atoms with Crippen LogP contribution in [-0.4, -0.2) is 61.1 Å². The molecule has 1 fully saturated rings. The fourth-order valence-corrected chi connectivity index (χ4v) is 2.62. The first-order valence-electron chi connectivity index (χ1n) is 8.57. The van der Waals surface area contributed by atoms with Crippen molar-refractivity contribution in [2.45, 2.75) is 6.54 Å². The highest BCUT2D eigenvalue weighted by Crippen LogP contribution is 2.04. The van der Waals surface area contributed by atoms with Gasteiger partial charge in [-0.15, -0.1) is 0 Å². The van der Waals surface area contributed by atoms with Gasteiger partial charge in [-0.3, -0.25) is 19.5 Å². The summed E-state index contributed by atoms with van der Waals surface area (Å²) in [6.45, 7) is 4.81. The SMILES string of the molecule is O=C(NCCN1CCOCC1)c1ccnc(C(=O)NCc2ccco2)c1. The number of hydrogen-bond donors (Lipinski definition) is 2. The number of carbonyl (C=O) groups is 2. The third kappa shape index (κ3) is 5.14. The van der Waals surface area contributed by atoms with E-state index in [4.69, 9.17) is 9.15 Å². The number of hydrogen-bond acceptors (Lipinski definition) is 6. The van der Waals surface area contributed by atoms with Crippen LogP contribution in [0.15, 0.2) is 41.1 Å². The summed E-state index contributed by atoms with van der Waals surface area (Å²) in [6, 6.07) is 6.60. The Morgan fingerprint density at radius 1 is 1.15 bits per heavy atom. The lowest BCUT2D eigenvalue weighted by atomic mass is 10.2. The number of nitrogens with one attached hydrogen (secondary N) is 2. The van der Waals surface area contributed by atoms with E-state index >= 15 is 0 Å². The molecule has 0 aromatic carbocycles. The van der Waals surface area contributed by atoms with E-state index in [-0.39, 0.29) is 24.1 Å². The zero-order chi connectivity index (χ0) is 18.2. The number of ether oxygens (including phenoxy) is 1. The van der Waals surface area contributed by atoms with Gasteiger partial charge in [-0.25, -0.2) is 0 Å². The van der Waals surface area contributed by atoms with Crippen molar-refractivity contribution in [3.05, 3.63) is 53.7 Å². The van der Waals surface area contributed by atoms with Crippen molar-refractivity contribution in [2.75, 3.05) is 39.4 Å². The van der Waals surface area contributed by atoms with Crippen molar-refractivity contribution in [3.8, 4) is 0 Å². The smallest absolute Gasteiger partial charge is 0.270 e. The van der Waals surface area contributed by atoms with Crippen LogP contribution in [0, 0.1) is 0 Å². The third-order valence-electron chi connectivity index (χ3n) is 4.08. The molecule has 0 atom stereocenters. The first-order valence-corrected chi connectivity index (χ1v) is 8.57. The maximum Gasteiger partial charge on any atom is 0.270 e. The Kier molecular flexibility index (Phi) is 6.34. The summed E-state index contributed by atoms with van der Waals surface area (Å²) in [5.74, 6) is 0.0699. The molecule has 0 spiro atoms. The van der Waals surface area contributed by atoms with Crippen LogP contribution in [0.4, 0.5) is 0 Å². The average molecular weight is 358 g/mol. The first-order chi connectivity index (χ1) is 12.7. The molecule has 8 heteroatoms. The number of morpholine rings is 1. The van der Waals surface area contributed by atoms with Gasteiger partial charge >= 0.3 is 0 Å². The van der Waals surface area contributed by atoms with Gasteiger partial charge in [0.25, 0.3) is 11.8 Å². The highest BCUT2D eigenvalue weighted by atomic mass is 16.5. The van der Waals surface area contributed by atoms with Gasteiger partial charge in [0, 0.05) is 37.9 Å². The van der Waals surface area contributed by atoms with Crippen molar-refractivity contribution in [3.63, 3.8) is 0 Å². The van der Waals surface area contributed by atoms with Crippen LogP contribution in [0.5, 0.6) is 0 Å². The van der Waals surface area contributed by atoms with Crippen molar-refractivity contribution >= 4 is 11.8 Å². The van der Waals surface area contributed by atoms with Crippen LogP contribution in [0.1, 0.15) is 26.6 Å². The molecule has 26 heavy (non-hydrogen) atoms. The number of furan rings is 1. The van der Waals surface area contributed by atoms with E-state index in [1.54, 1.807) is 24.5 Å². The molecule has 1 saturated heterocycles. The Labute approximate surface area is 151 Å². The molecule has 138 valence electrons. The minimum atomic E-state index is -0.357. The number of aromatic nitrogens is 1. The lowest BCUT2D eigenvalue weighted by molar-refractivity contribution is 0.0383. The molecule has 1 aliphatic heterocycles. The molecule has 0 bridgehead atoms. The van der Waals surface area contributed by atoms with Gasteiger partial charge in [0.15, 0.2) is 0 Å². The van der Waals surface area contributed by atoms with Crippen molar-refractivity contribution in [1.29, 1.82) is 0 Å². The van der Waals surface area contributed by atoms with E-state index < -0.39 is 0 Å². The molecule has 0 aliphatic carbocycles. The number of rotatable bonds is 7. The summed E-state index contributed by atoms with van der Waals surface area (Å²) in [6.07, 6.45) is 3.00. The summed E-state index contributed by atoms with van der Waals surface area (Å²) in [5.41, 5.74) is 0.600. The van der Waals surface area contributed by atoms with Crippen LogP contribution >= 0.6 is 0 Å². The van der Waals surface area contributed by atoms with E-state index in [2.05, 4.69) is 20.5 Å². The minimum Gasteiger partial charge on any atom is -0.467 e. The van der Waals surface area contributed by atoms with Gasteiger partial charge in [0.1, 0.15) is 11.5 Å². The van der Waals surface area contributed by atoms with Gasteiger partial charge in [-0.2, -0.15) is 0 Å². The van der Waals surface area contributed by atoms with Crippen LogP contribution in [-0.2, 0) is 11.3 Å². The topological polar surface area (TPSA) is 96.7 Å². The molecule has 0 radical (unpaired) electrons.